The number of carbonyl (C=O) groups is 1. The summed E-state index contributed by atoms with van der Waals surface area (Å²) in [5, 5.41) is 1.04. The highest BCUT2D eigenvalue weighted by Gasteiger charge is 2.09. The van der Waals surface area contributed by atoms with Crippen LogP contribution in [0.25, 0.3) is 17.0 Å². The molecule has 23 heavy (non-hydrogen) atoms. The van der Waals surface area contributed by atoms with Crippen molar-refractivity contribution in [3.63, 3.8) is 0 Å². The van der Waals surface area contributed by atoms with Crippen molar-refractivity contribution in [3.8, 4) is 0 Å². The molecule has 1 aromatic carbocycles. The molecule has 0 unspecified atom stereocenters. The molecule has 1 amide bonds. The van der Waals surface area contributed by atoms with E-state index in [4.69, 9.17) is 0 Å². The van der Waals surface area contributed by atoms with Gasteiger partial charge >= 0.3 is 0 Å². The lowest BCUT2D eigenvalue weighted by atomic mass is 10.1. The number of hydrogen-bond acceptors (Lipinski definition) is 4. The minimum absolute atomic E-state index is 0.0290. The number of rotatable bonds is 4. The van der Waals surface area contributed by atoms with E-state index in [1.165, 1.54) is 0 Å². The maximum atomic E-state index is 12.3. The largest absolute Gasteiger partial charge is 0.337 e. The van der Waals surface area contributed by atoms with Crippen molar-refractivity contribution in [2.45, 2.75) is 13.5 Å². The Bertz CT molecular complexity index is 864. The maximum absolute atomic E-state index is 12.3. The van der Waals surface area contributed by atoms with Crippen LogP contribution in [-0.2, 0) is 11.3 Å². The zero-order valence-electron chi connectivity index (χ0n) is 13.1. The van der Waals surface area contributed by atoms with Gasteiger partial charge in [0.2, 0.25) is 5.91 Å². The highest BCUT2D eigenvalue weighted by atomic mass is 32.1. The Labute approximate surface area is 139 Å². The second-order valence-electron chi connectivity index (χ2n) is 5.31. The topological polar surface area (TPSA) is 46.1 Å². The van der Waals surface area contributed by atoms with Gasteiger partial charge in [-0.3, -0.25) is 9.78 Å². The van der Waals surface area contributed by atoms with Crippen molar-refractivity contribution >= 4 is 34.2 Å². The summed E-state index contributed by atoms with van der Waals surface area (Å²) >= 11 is 1.57. The number of carbonyl (C=O) groups excluding carboxylic acids is 1. The molecule has 0 atom stereocenters. The first-order chi connectivity index (χ1) is 11.1. The Morgan fingerprint density at radius 3 is 2.87 bits per heavy atom. The van der Waals surface area contributed by atoms with Gasteiger partial charge in [-0.2, -0.15) is 0 Å². The van der Waals surface area contributed by atoms with Gasteiger partial charge < -0.3 is 4.90 Å². The van der Waals surface area contributed by atoms with Gasteiger partial charge in [0.1, 0.15) is 0 Å². The number of hydrogen-bond donors (Lipinski definition) is 0. The summed E-state index contributed by atoms with van der Waals surface area (Å²) in [6.07, 6.45) is 5.22. The highest BCUT2D eigenvalue weighted by molar-refractivity contribution is 7.09. The Balaban J connectivity index is 1.76. The summed E-state index contributed by atoms with van der Waals surface area (Å²) in [5.74, 6) is -0.0290. The smallest absolute Gasteiger partial charge is 0.246 e. The quantitative estimate of drug-likeness (QED) is 0.688. The number of fused-ring (bicyclic) bond motifs is 1. The van der Waals surface area contributed by atoms with E-state index >= 15 is 0 Å². The van der Waals surface area contributed by atoms with Crippen LogP contribution in [-0.4, -0.2) is 27.8 Å². The molecule has 3 rings (SSSR count). The minimum atomic E-state index is -0.0290. The average Bonchev–Trinajstić information content (AvgIpc) is 2.97. The van der Waals surface area contributed by atoms with Crippen LogP contribution in [0.1, 0.15) is 16.1 Å². The molecule has 2 aromatic heterocycles. The fraction of sp³-hybridized carbons (Fsp3) is 0.167. The fourth-order valence-electron chi connectivity index (χ4n) is 2.32. The molecule has 0 bridgehead atoms. The Hall–Kier alpha value is -2.53. The Kier molecular flexibility index (Phi) is 4.48. The molecule has 0 aliphatic carbocycles. The fourth-order valence-corrected chi connectivity index (χ4v) is 3.15. The zero-order chi connectivity index (χ0) is 16.2. The number of thiazole rings is 1. The number of amides is 1. The minimum Gasteiger partial charge on any atom is -0.337 e. The number of pyridine rings is 1. The summed E-state index contributed by atoms with van der Waals surface area (Å²) in [7, 11) is 1.80. The van der Waals surface area contributed by atoms with E-state index in [1.807, 2.05) is 48.8 Å². The molecule has 2 heterocycles. The van der Waals surface area contributed by atoms with Crippen LogP contribution in [0.5, 0.6) is 0 Å². The standard InChI is InChI=1S/C18H17N3OS/c1-13-17(23-12-20-13)11-21(2)18(22)8-7-14-9-10-19-16-6-4-3-5-15(14)16/h3-10,12H,11H2,1-2H3/b8-7+. The lowest BCUT2D eigenvalue weighted by molar-refractivity contribution is -0.125. The Morgan fingerprint density at radius 1 is 1.26 bits per heavy atom. The normalized spacial score (nSPS) is 11.2. The van der Waals surface area contributed by atoms with E-state index in [0.717, 1.165) is 27.0 Å². The third-order valence-electron chi connectivity index (χ3n) is 3.69. The van der Waals surface area contributed by atoms with E-state index < -0.39 is 0 Å². The first kappa shape index (κ1) is 15.4. The van der Waals surface area contributed by atoms with Crippen LogP contribution in [0.2, 0.25) is 0 Å². The third-order valence-corrected chi connectivity index (χ3v) is 4.61. The van der Waals surface area contributed by atoms with Crippen molar-refractivity contribution in [3.05, 3.63) is 64.2 Å². The number of nitrogens with zero attached hydrogens (tertiary/aromatic N) is 3. The van der Waals surface area contributed by atoms with Crippen LogP contribution < -0.4 is 0 Å². The number of benzene rings is 1. The molecule has 0 aliphatic heterocycles. The van der Waals surface area contributed by atoms with E-state index in [-0.39, 0.29) is 5.91 Å². The van der Waals surface area contributed by atoms with Gasteiger partial charge in [0.15, 0.2) is 0 Å². The summed E-state index contributed by atoms with van der Waals surface area (Å²) in [4.78, 5) is 23.6. The summed E-state index contributed by atoms with van der Waals surface area (Å²) in [5.41, 5.74) is 4.71. The van der Waals surface area contributed by atoms with E-state index in [9.17, 15) is 4.79 Å². The number of aryl methyl sites for hydroxylation is 1. The average molecular weight is 323 g/mol. The predicted octanol–water partition coefficient (Wildman–Crippen LogP) is 3.67. The molecule has 0 fully saturated rings. The monoisotopic (exact) mass is 323 g/mol. The van der Waals surface area contributed by atoms with Gasteiger partial charge in [-0.15, -0.1) is 11.3 Å². The molecule has 0 spiro atoms. The lowest BCUT2D eigenvalue weighted by Gasteiger charge is -2.14. The molecular formula is C18H17N3OS. The summed E-state index contributed by atoms with van der Waals surface area (Å²) < 4.78 is 0. The molecule has 116 valence electrons. The highest BCUT2D eigenvalue weighted by Crippen LogP contribution is 2.18. The van der Waals surface area contributed by atoms with Gasteiger partial charge in [0.25, 0.3) is 0 Å². The van der Waals surface area contributed by atoms with Crippen molar-refractivity contribution in [1.82, 2.24) is 14.9 Å². The van der Waals surface area contributed by atoms with Crippen molar-refractivity contribution in [1.29, 1.82) is 0 Å². The molecule has 0 saturated carbocycles. The first-order valence-corrected chi connectivity index (χ1v) is 8.19. The second-order valence-corrected chi connectivity index (χ2v) is 6.25. The zero-order valence-corrected chi connectivity index (χ0v) is 13.9. The maximum Gasteiger partial charge on any atom is 0.246 e. The molecule has 0 N–H and O–H groups in total. The number of likely N-dealkylation sites (N-methyl/N-ethyl adjacent to an activating group) is 1. The van der Waals surface area contributed by atoms with Crippen molar-refractivity contribution in [2.75, 3.05) is 7.05 Å². The van der Waals surface area contributed by atoms with Gasteiger partial charge in [0.05, 0.1) is 23.3 Å². The van der Waals surface area contributed by atoms with Crippen LogP contribution in [0.15, 0.2) is 48.1 Å². The van der Waals surface area contributed by atoms with Gasteiger partial charge in [-0.05, 0) is 30.7 Å². The predicted molar refractivity (Wildman–Crippen MR) is 94.1 cm³/mol. The van der Waals surface area contributed by atoms with E-state index in [1.54, 1.807) is 35.6 Å². The molecule has 0 aliphatic rings. The van der Waals surface area contributed by atoms with E-state index in [2.05, 4.69) is 9.97 Å². The number of para-hydroxylation sites is 1. The summed E-state index contributed by atoms with van der Waals surface area (Å²) in [6, 6.07) is 9.82. The molecule has 0 saturated heterocycles. The SMILES string of the molecule is Cc1ncsc1CN(C)C(=O)/C=C/c1ccnc2ccccc12. The number of aromatic nitrogens is 2. The van der Waals surface area contributed by atoms with Gasteiger partial charge in [-0.25, -0.2) is 4.98 Å². The van der Waals surface area contributed by atoms with Gasteiger partial charge in [-0.1, -0.05) is 18.2 Å². The first-order valence-electron chi connectivity index (χ1n) is 7.31. The molecule has 4 nitrogen and oxygen atoms in total. The van der Waals surface area contributed by atoms with Crippen LogP contribution in [0.3, 0.4) is 0 Å². The van der Waals surface area contributed by atoms with Gasteiger partial charge in [0, 0.05) is 29.6 Å². The molecule has 0 radical (unpaired) electrons. The lowest BCUT2D eigenvalue weighted by Crippen LogP contribution is -2.23. The third kappa shape index (κ3) is 3.46. The Morgan fingerprint density at radius 2 is 2.09 bits per heavy atom. The molecule has 5 heteroatoms. The van der Waals surface area contributed by atoms with Crippen LogP contribution >= 0.6 is 11.3 Å². The van der Waals surface area contributed by atoms with Crippen molar-refractivity contribution < 1.29 is 4.79 Å². The van der Waals surface area contributed by atoms with Crippen LogP contribution in [0.4, 0.5) is 0 Å². The van der Waals surface area contributed by atoms with Crippen molar-refractivity contribution in [2.24, 2.45) is 0 Å². The van der Waals surface area contributed by atoms with E-state index in [0.29, 0.717) is 6.54 Å². The second kappa shape index (κ2) is 6.71. The molecular weight excluding hydrogens is 306 g/mol. The van der Waals surface area contributed by atoms with Crippen LogP contribution in [0, 0.1) is 6.92 Å². The molecule has 3 aromatic rings. The summed E-state index contributed by atoms with van der Waals surface area (Å²) in [6.45, 7) is 2.54.